The van der Waals surface area contributed by atoms with Crippen molar-refractivity contribution in [2.24, 2.45) is 34.8 Å². The minimum Gasteiger partial charge on any atom is -0.329 e. The van der Waals surface area contributed by atoms with Crippen LogP contribution in [0.5, 0.6) is 0 Å². The van der Waals surface area contributed by atoms with Crippen LogP contribution < -0.4 is 5.73 Å². The summed E-state index contributed by atoms with van der Waals surface area (Å²) in [5.74, 6) is 4.19. The first kappa shape index (κ1) is 14.5. The predicted molar refractivity (Wildman–Crippen MR) is 88.0 cm³/mol. The van der Waals surface area contributed by atoms with Crippen LogP contribution in [-0.4, -0.2) is 30.6 Å². The summed E-state index contributed by atoms with van der Waals surface area (Å²) in [6, 6.07) is 0.678. The fraction of sp³-hybridized carbons (Fsp3) is 1.00. The third-order valence-corrected chi connectivity index (χ3v) is 7.50. The van der Waals surface area contributed by atoms with Crippen LogP contribution in [0.15, 0.2) is 0 Å². The van der Waals surface area contributed by atoms with Crippen molar-refractivity contribution in [2.75, 3.05) is 19.6 Å². The molecule has 1 aliphatic heterocycles. The smallest absolute Gasteiger partial charge is 0.0221 e. The summed E-state index contributed by atoms with van der Waals surface area (Å²) >= 11 is 0. The number of piperidine rings is 1. The van der Waals surface area contributed by atoms with Crippen molar-refractivity contribution in [3.05, 3.63) is 0 Å². The predicted octanol–water partition coefficient (Wildman–Crippen LogP) is 3.65. The Balaban J connectivity index is 1.45. The fourth-order valence-corrected chi connectivity index (χ4v) is 6.92. The topological polar surface area (TPSA) is 29.3 Å². The summed E-state index contributed by atoms with van der Waals surface area (Å²) in [6.07, 6.45) is 13.5. The number of hydrogen-bond acceptors (Lipinski definition) is 2. The van der Waals surface area contributed by atoms with Gasteiger partial charge in [0.1, 0.15) is 0 Å². The lowest BCUT2D eigenvalue weighted by atomic mass is 9.49. The number of nitrogens with two attached hydrogens (primary N) is 1. The Morgan fingerprint density at radius 2 is 1.62 bits per heavy atom. The summed E-state index contributed by atoms with van der Waals surface area (Å²) in [5.41, 5.74) is 6.83. The Bertz CT molecular complexity index is 342. The zero-order chi connectivity index (χ0) is 14.4. The van der Waals surface area contributed by atoms with E-state index in [1.807, 2.05) is 0 Å². The summed E-state index contributed by atoms with van der Waals surface area (Å²) in [4.78, 5) is 2.82. The van der Waals surface area contributed by atoms with E-state index in [1.165, 1.54) is 32.4 Å². The number of likely N-dealkylation sites (tertiary alicyclic amines) is 1. The molecular weight excluding hydrogens is 256 g/mol. The molecule has 4 bridgehead atoms. The van der Waals surface area contributed by atoms with Gasteiger partial charge in [-0.2, -0.15) is 0 Å². The number of nitrogens with zero attached hydrogens (tertiary/aromatic N) is 1. The molecule has 21 heavy (non-hydrogen) atoms. The average molecular weight is 290 g/mol. The molecule has 5 rings (SSSR count). The molecule has 4 saturated carbocycles. The molecule has 0 aromatic rings. The van der Waals surface area contributed by atoms with Gasteiger partial charge in [-0.15, -0.1) is 0 Å². The van der Waals surface area contributed by atoms with Gasteiger partial charge in [-0.3, -0.25) is 4.90 Å². The van der Waals surface area contributed by atoms with Crippen molar-refractivity contribution in [2.45, 2.75) is 70.8 Å². The fourth-order valence-electron chi connectivity index (χ4n) is 6.92. The zero-order valence-corrected chi connectivity index (χ0v) is 13.9. The maximum Gasteiger partial charge on any atom is 0.0221 e. The van der Waals surface area contributed by atoms with Crippen molar-refractivity contribution in [3.63, 3.8) is 0 Å². The van der Waals surface area contributed by atoms with E-state index in [9.17, 15) is 0 Å². The van der Waals surface area contributed by atoms with Crippen LogP contribution in [0.4, 0.5) is 0 Å². The normalized spacial score (nSPS) is 49.7. The maximum absolute atomic E-state index is 6.14. The molecule has 2 N–H and O–H groups in total. The Morgan fingerprint density at radius 1 is 1.00 bits per heavy atom. The molecular formula is C19H34N2. The van der Waals surface area contributed by atoms with Crippen LogP contribution in [-0.2, 0) is 0 Å². The van der Waals surface area contributed by atoms with Crippen LogP contribution >= 0.6 is 0 Å². The Morgan fingerprint density at radius 3 is 2.14 bits per heavy atom. The van der Waals surface area contributed by atoms with Gasteiger partial charge < -0.3 is 5.73 Å². The lowest BCUT2D eigenvalue weighted by Crippen LogP contribution is -2.55. The van der Waals surface area contributed by atoms with Gasteiger partial charge in [0, 0.05) is 19.1 Å². The van der Waals surface area contributed by atoms with Gasteiger partial charge in [0.15, 0.2) is 0 Å². The van der Waals surface area contributed by atoms with E-state index < -0.39 is 0 Å². The highest BCUT2D eigenvalue weighted by molar-refractivity contribution is 5.03. The quantitative estimate of drug-likeness (QED) is 0.856. The molecule has 0 amide bonds. The Labute approximate surface area is 130 Å². The summed E-state index contributed by atoms with van der Waals surface area (Å²) in [5, 5.41) is 0. The van der Waals surface area contributed by atoms with Crippen molar-refractivity contribution >= 4 is 0 Å². The van der Waals surface area contributed by atoms with Crippen LogP contribution in [0.3, 0.4) is 0 Å². The Hall–Kier alpha value is -0.0800. The molecule has 0 aromatic heterocycles. The SMILES string of the molecule is CCC1CCN(CC23CC4CC(CC(C4)C2)C3)C(CN)C1. The number of hydrogen-bond donors (Lipinski definition) is 1. The second-order valence-corrected chi connectivity index (χ2v) is 9.08. The molecule has 0 spiro atoms. The van der Waals surface area contributed by atoms with Gasteiger partial charge in [-0.1, -0.05) is 13.3 Å². The second-order valence-electron chi connectivity index (χ2n) is 9.08. The Kier molecular flexibility index (Phi) is 3.82. The first-order valence-corrected chi connectivity index (χ1v) is 9.64. The maximum atomic E-state index is 6.14. The van der Waals surface area contributed by atoms with Crippen molar-refractivity contribution in [3.8, 4) is 0 Å². The van der Waals surface area contributed by atoms with E-state index in [0.29, 0.717) is 11.5 Å². The largest absolute Gasteiger partial charge is 0.329 e. The van der Waals surface area contributed by atoms with Crippen LogP contribution in [0.1, 0.15) is 64.7 Å². The lowest BCUT2D eigenvalue weighted by molar-refractivity contribution is -0.0795. The van der Waals surface area contributed by atoms with Gasteiger partial charge in [0.25, 0.3) is 0 Å². The third-order valence-electron chi connectivity index (χ3n) is 7.50. The van der Waals surface area contributed by atoms with Gasteiger partial charge >= 0.3 is 0 Å². The molecule has 5 aliphatic rings. The minimum atomic E-state index is 0.678. The molecule has 2 nitrogen and oxygen atoms in total. The lowest BCUT2D eigenvalue weighted by Gasteiger charge is -2.59. The molecule has 2 unspecified atom stereocenters. The highest BCUT2D eigenvalue weighted by Crippen LogP contribution is 2.60. The van der Waals surface area contributed by atoms with E-state index in [0.717, 1.165) is 30.2 Å². The summed E-state index contributed by atoms with van der Waals surface area (Å²) in [6.45, 7) is 5.94. The van der Waals surface area contributed by atoms with Crippen molar-refractivity contribution < 1.29 is 0 Å². The first-order valence-electron chi connectivity index (χ1n) is 9.64. The molecule has 0 radical (unpaired) electrons. The highest BCUT2D eigenvalue weighted by Gasteiger charge is 2.51. The molecule has 120 valence electrons. The molecule has 1 saturated heterocycles. The molecule has 1 heterocycles. The summed E-state index contributed by atoms with van der Waals surface area (Å²) < 4.78 is 0. The monoisotopic (exact) mass is 290 g/mol. The molecule has 2 atom stereocenters. The molecule has 0 aromatic carbocycles. The highest BCUT2D eigenvalue weighted by atomic mass is 15.2. The first-order chi connectivity index (χ1) is 10.2. The van der Waals surface area contributed by atoms with Crippen molar-refractivity contribution in [1.29, 1.82) is 0 Å². The standard InChI is InChI=1S/C19H34N2/c1-2-14-3-4-21(18(8-14)12-20)13-19-9-15-5-16(10-19)7-17(6-15)11-19/h14-18H,2-13,20H2,1H3. The van der Waals surface area contributed by atoms with Crippen LogP contribution in [0, 0.1) is 29.1 Å². The van der Waals surface area contributed by atoms with E-state index >= 15 is 0 Å². The van der Waals surface area contributed by atoms with E-state index in [4.69, 9.17) is 5.73 Å². The van der Waals surface area contributed by atoms with E-state index in [1.54, 1.807) is 38.5 Å². The molecule has 5 fully saturated rings. The second kappa shape index (κ2) is 5.53. The van der Waals surface area contributed by atoms with Gasteiger partial charge in [-0.05, 0) is 87.0 Å². The van der Waals surface area contributed by atoms with Gasteiger partial charge in [0.05, 0.1) is 0 Å². The van der Waals surface area contributed by atoms with Gasteiger partial charge in [0.2, 0.25) is 0 Å². The van der Waals surface area contributed by atoms with Crippen LogP contribution in [0.25, 0.3) is 0 Å². The van der Waals surface area contributed by atoms with Crippen LogP contribution in [0.2, 0.25) is 0 Å². The van der Waals surface area contributed by atoms with Crippen molar-refractivity contribution in [1.82, 2.24) is 4.90 Å². The van der Waals surface area contributed by atoms with Gasteiger partial charge in [-0.25, -0.2) is 0 Å². The average Bonchev–Trinajstić information content (AvgIpc) is 2.46. The molecule has 2 heteroatoms. The molecule has 4 aliphatic carbocycles. The van der Waals surface area contributed by atoms with E-state index in [2.05, 4.69) is 11.8 Å². The zero-order valence-electron chi connectivity index (χ0n) is 13.9. The number of rotatable bonds is 4. The van der Waals surface area contributed by atoms with E-state index in [-0.39, 0.29) is 0 Å². The third kappa shape index (κ3) is 2.67. The summed E-state index contributed by atoms with van der Waals surface area (Å²) in [7, 11) is 0. The minimum absolute atomic E-state index is 0.678.